The van der Waals surface area contributed by atoms with Gasteiger partial charge in [0.05, 0.1) is 23.9 Å². The average Bonchev–Trinajstić information content (AvgIpc) is 2.84. The van der Waals surface area contributed by atoms with Gasteiger partial charge in [0.1, 0.15) is 0 Å². The fourth-order valence-corrected chi connectivity index (χ4v) is 3.32. The molecule has 0 spiro atoms. The van der Waals surface area contributed by atoms with Crippen molar-refractivity contribution in [2.24, 2.45) is 5.73 Å². The molecule has 0 bridgehead atoms. The zero-order valence-corrected chi connectivity index (χ0v) is 12.3. The van der Waals surface area contributed by atoms with E-state index in [1.165, 1.54) is 29.7 Å². The average molecular weight is 280 g/mol. The summed E-state index contributed by atoms with van der Waals surface area (Å²) in [7, 11) is 0. The number of nitriles is 1. The Balaban J connectivity index is 1.91. The number of fused-ring (bicyclic) bond motifs is 1. The third-order valence-electron chi connectivity index (χ3n) is 4.36. The van der Waals surface area contributed by atoms with Crippen molar-refractivity contribution in [3.63, 3.8) is 0 Å². The Labute approximate surface area is 125 Å². The molecule has 0 radical (unpaired) electrons. The Hall–Kier alpha value is -2.12. The van der Waals surface area contributed by atoms with E-state index < -0.39 is 0 Å². The lowest BCUT2D eigenvalue weighted by Crippen LogP contribution is -2.19. The molecule has 1 aromatic heterocycles. The van der Waals surface area contributed by atoms with Crippen LogP contribution in [-0.2, 0) is 13.0 Å². The quantitative estimate of drug-likeness (QED) is 0.939. The highest BCUT2D eigenvalue weighted by molar-refractivity contribution is 5.34. The van der Waals surface area contributed by atoms with Gasteiger partial charge in [0, 0.05) is 11.3 Å². The van der Waals surface area contributed by atoms with Crippen molar-refractivity contribution >= 4 is 0 Å². The van der Waals surface area contributed by atoms with E-state index in [9.17, 15) is 0 Å². The smallest absolute Gasteiger partial charge is 0.0991 e. The van der Waals surface area contributed by atoms with Crippen LogP contribution in [0.15, 0.2) is 24.3 Å². The van der Waals surface area contributed by atoms with E-state index in [-0.39, 0.29) is 0 Å². The summed E-state index contributed by atoms with van der Waals surface area (Å²) < 4.78 is 2.12. The summed E-state index contributed by atoms with van der Waals surface area (Å²) in [6.45, 7) is 3.55. The molecule has 1 aliphatic carbocycles. The molecule has 0 amide bonds. The molecule has 0 fully saturated rings. The van der Waals surface area contributed by atoms with Crippen LogP contribution < -0.4 is 5.73 Å². The second-order valence-electron chi connectivity index (χ2n) is 5.74. The van der Waals surface area contributed by atoms with Crippen LogP contribution in [0.5, 0.6) is 0 Å². The molecule has 1 aliphatic rings. The molecular formula is C17H20N4. The Bertz CT molecular complexity index is 676. The first-order chi connectivity index (χ1) is 10.2. The van der Waals surface area contributed by atoms with E-state index >= 15 is 0 Å². The van der Waals surface area contributed by atoms with Gasteiger partial charge in [0.25, 0.3) is 0 Å². The van der Waals surface area contributed by atoms with Gasteiger partial charge in [-0.05, 0) is 56.3 Å². The number of aromatic nitrogens is 2. The number of hydrogen-bond acceptors (Lipinski definition) is 3. The first kappa shape index (κ1) is 13.8. The van der Waals surface area contributed by atoms with Crippen molar-refractivity contribution in [3.8, 4) is 6.07 Å². The lowest BCUT2D eigenvalue weighted by Gasteiger charge is -2.22. The SMILES string of the molecule is Cc1nn(Cc2ccc(C#N)cc2)c2c1C(CN)CCC2. The number of aryl methyl sites for hydroxylation is 1. The largest absolute Gasteiger partial charge is 0.330 e. The van der Waals surface area contributed by atoms with Crippen molar-refractivity contribution in [3.05, 3.63) is 52.3 Å². The minimum absolute atomic E-state index is 0.462. The number of benzene rings is 1. The molecule has 3 rings (SSSR count). The Kier molecular flexibility index (Phi) is 3.76. The van der Waals surface area contributed by atoms with Gasteiger partial charge in [-0.25, -0.2) is 0 Å². The van der Waals surface area contributed by atoms with Gasteiger partial charge in [-0.2, -0.15) is 10.4 Å². The van der Waals surface area contributed by atoms with Crippen LogP contribution in [0, 0.1) is 18.3 Å². The van der Waals surface area contributed by atoms with Crippen molar-refractivity contribution < 1.29 is 0 Å². The summed E-state index contributed by atoms with van der Waals surface area (Å²) in [4.78, 5) is 0. The topological polar surface area (TPSA) is 67.6 Å². The van der Waals surface area contributed by atoms with E-state index in [2.05, 4.69) is 17.7 Å². The van der Waals surface area contributed by atoms with E-state index in [4.69, 9.17) is 16.1 Å². The van der Waals surface area contributed by atoms with E-state index in [0.717, 1.165) is 18.7 Å². The molecule has 4 heteroatoms. The molecule has 0 aliphatic heterocycles. The van der Waals surface area contributed by atoms with Gasteiger partial charge in [-0.3, -0.25) is 4.68 Å². The first-order valence-electron chi connectivity index (χ1n) is 7.48. The van der Waals surface area contributed by atoms with Gasteiger partial charge in [0.2, 0.25) is 0 Å². The fraction of sp³-hybridized carbons (Fsp3) is 0.412. The van der Waals surface area contributed by atoms with E-state index in [1.807, 2.05) is 24.3 Å². The van der Waals surface area contributed by atoms with Crippen molar-refractivity contribution in [1.82, 2.24) is 9.78 Å². The molecule has 1 heterocycles. The number of nitrogens with two attached hydrogens (primary N) is 1. The molecule has 2 aromatic rings. The highest BCUT2D eigenvalue weighted by Crippen LogP contribution is 2.33. The second kappa shape index (κ2) is 5.71. The number of hydrogen-bond donors (Lipinski definition) is 1. The molecule has 0 saturated heterocycles. The minimum atomic E-state index is 0.462. The van der Waals surface area contributed by atoms with Crippen LogP contribution in [0.3, 0.4) is 0 Å². The lowest BCUT2D eigenvalue weighted by atomic mass is 9.85. The summed E-state index contributed by atoms with van der Waals surface area (Å²) in [5.74, 6) is 0.462. The minimum Gasteiger partial charge on any atom is -0.330 e. The normalized spacial score (nSPS) is 17.3. The molecular weight excluding hydrogens is 260 g/mol. The molecule has 21 heavy (non-hydrogen) atoms. The molecule has 2 N–H and O–H groups in total. The highest BCUT2D eigenvalue weighted by atomic mass is 15.3. The summed E-state index contributed by atoms with van der Waals surface area (Å²) >= 11 is 0. The predicted molar refractivity (Wildman–Crippen MR) is 82.0 cm³/mol. The maximum atomic E-state index is 8.86. The summed E-state index contributed by atoms with van der Waals surface area (Å²) in [6.07, 6.45) is 3.45. The zero-order chi connectivity index (χ0) is 14.8. The molecule has 1 aromatic carbocycles. The van der Waals surface area contributed by atoms with Crippen LogP contribution in [0.2, 0.25) is 0 Å². The maximum absolute atomic E-state index is 8.86. The van der Waals surface area contributed by atoms with Gasteiger partial charge in [-0.15, -0.1) is 0 Å². The molecule has 1 atom stereocenters. The summed E-state index contributed by atoms with van der Waals surface area (Å²) in [5.41, 5.74) is 11.6. The number of nitrogens with zero attached hydrogens (tertiary/aromatic N) is 3. The molecule has 108 valence electrons. The Morgan fingerprint density at radius 2 is 2.14 bits per heavy atom. The highest BCUT2D eigenvalue weighted by Gasteiger charge is 2.25. The summed E-state index contributed by atoms with van der Waals surface area (Å²) in [6, 6.07) is 9.88. The summed E-state index contributed by atoms with van der Waals surface area (Å²) in [5, 5.41) is 13.6. The van der Waals surface area contributed by atoms with Crippen molar-refractivity contribution in [1.29, 1.82) is 5.26 Å². The standard InChI is InChI=1S/C17H20N4/c1-12-17-15(10-19)3-2-4-16(17)21(20-12)11-14-7-5-13(9-18)6-8-14/h5-8,15H,2-4,10-11,19H2,1H3. The Morgan fingerprint density at radius 1 is 1.38 bits per heavy atom. The molecule has 1 unspecified atom stereocenters. The van der Waals surface area contributed by atoms with Crippen LogP contribution >= 0.6 is 0 Å². The van der Waals surface area contributed by atoms with Crippen LogP contribution in [0.25, 0.3) is 0 Å². The maximum Gasteiger partial charge on any atom is 0.0991 e. The monoisotopic (exact) mass is 280 g/mol. The zero-order valence-electron chi connectivity index (χ0n) is 12.3. The second-order valence-corrected chi connectivity index (χ2v) is 5.74. The van der Waals surface area contributed by atoms with Crippen LogP contribution in [0.1, 0.15) is 46.8 Å². The molecule has 0 saturated carbocycles. The molecule has 4 nitrogen and oxygen atoms in total. The van der Waals surface area contributed by atoms with Gasteiger partial charge in [0.15, 0.2) is 0 Å². The van der Waals surface area contributed by atoms with Crippen molar-refractivity contribution in [2.75, 3.05) is 6.54 Å². The van der Waals surface area contributed by atoms with Crippen LogP contribution in [-0.4, -0.2) is 16.3 Å². The number of rotatable bonds is 3. The first-order valence-corrected chi connectivity index (χ1v) is 7.48. The van der Waals surface area contributed by atoms with E-state index in [1.54, 1.807) is 0 Å². The fourth-order valence-electron chi connectivity index (χ4n) is 3.32. The third kappa shape index (κ3) is 2.57. The third-order valence-corrected chi connectivity index (χ3v) is 4.36. The van der Waals surface area contributed by atoms with Crippen molar-refractivity contribution in [2.45, 2.75) is 38.6 Å². The van der Waals surface area contributed by atoms with Crippen LogP contribution in [0.4, 0.5) is 0 Å². The van der Waals surface area contributed by atoms with Gasteiger partial charge < -0.3 is 5.73 Å². The van der Waals surface area contributed by atoms with E-state index in [0.29, 0.717) is 18.0 Å². The lowest BCUT2D eigenvalue weighted by molar-refractivity contribution is 0.531. The van der Waals surface area contributed by atoms with Gasteiger partial charge in [-0.1, -0.05) is 12.1 Å². The predicted octanol–water partition coefficient (Wildman–Crippen LogP) is 2.49. The van der Waals surface area contributed by atoms with Gasteiger partial charge >= 0.3 is 0 Å². The Morgan fingerprint density at radius 3 is 2.81 bits per heavy atom.